The van der Waals surface area contributed by atoms with Gasteiger partial charge in [0.15, 0.2) is 0 Å². The predicted molar refractivity (Wildman–Crippen MR) is 106 cm³/mol. The first-order chi connectivity index (χ1) is 6.00. The molecular weight excluding hydrogens is 364 g/mol. The Balaban J connectivity index is -0.0000000229. The van der Waals surface area contributed by atoms with Crippen LogP contribution < -0.4 is 10.6 Å². The van der Waals surface area contributed by atoms with E-state index in [0.717, 1.165) is 39.3 Å². The Morgan fingerprint density at radius 3 is 1.14 bits per heavy atom. The maximum absolute atomic E-state index is 4.42. The summed E-state index contributed by atoms with van der Waals surface area (Å²) in [7, 11) is 0. The minimum Gasteiger partial charge on any atom is -0.662 e. The van der Waals surface area contributed by atoms with E-state index in [-0.39, 0.29) is 96.1 Å². The Morgan fingerprint density at radius 2 is 0.810 bits per heavy atom. The quantitative estimate of drug-likeness (QED) is 0.470. The number of hydrogen-bond donors (Lipinski definition) is 2. The Kier molecular flexibility index (Phi) is 135. The molecule has 0 spiro atoms. The molecule has 1 saturated heterocycles. The standard InChI is InChI=1S/C9H20N3.5CH3.3ClH.Ti/c1-4-10-6-2-8-12-9-3-7-11-5-1;;;;;;;;;/h10-11H,1-9H2;5*1H3;3*1H;/q6*-1;;;;. The van der Waals surface area contributed by atoms with Crippen molar-refractivity contribution in [2.24, 2.45) is 0 Å². The molecule has 0 radical (unpaired) electrons. The van der Waals surface area contributed by atoms with Crippen molar-refractivity contribution in [2.75, 3.05) is 39.3 Å². The first-order valence-electron chi connectivity index (χ1n) is 5.05. The van der Waals surface area contributed by atoms with Crippen LogP contribution in [0.4, 0.5) is 0 Å². The number of hydrogen-bond acceptors (Lipinski definition) is 2. The molecule has 21 heavy (non-hydrogen) atoms. The second-order valence-electron chi connectivity index (χ2n) is 3.23. The molecule has 0 unspecified atom stereocenters. The van der Waals surface area contributed by atoms with Crippen LogP contribution in [-0.4, -0.2) is 39.3 Å². The molecule has 2 N–H and O–H groups in total. The van der Waals surface area contributed by atoms with Crippen LogP contribution in [0.5, 0.6) is 0 Å². The van der Waals surface area contributed by atoms with Crippen molar-refractivity contribution in [1.29, 1.82) is 0 Å². The van der Waals surface area contributed by atoms with Crippen molar-refractivity contribution in [1.82, 2.24) is 10.6 Å². The molecule has 1 heterocycles. The summed E-state index contributed by atoms with van der Waals surface area (Å²) in [6.07, 6.45) is 3.65. The van der Waals surface area contributed by atoms with Crippen molar-refractivity contribution in [2.45, 2.75) is 19.3 Å². The molecule has 0 amide bonds. The van der Waals surface area contributed by atoms with Crippen LogP contribution in [0.2, 0.25) is 0 Å². The third kappa shape index (κ3) is 44.9. The molecule has 140 valence electrons. The van der Waals surface area contributed by atoms with Gasteiger partial charge >= 0.3 is 0 Å². The van der Waals surface area contributed by atoms with Gasteiger partial charge in [-0.2, -0.15) is 0 Å². The zero-order chi connectivity index (χ0) is 8.49. The van der Waals surface area contributed by atoms with Crippen molar-refractivity contribution in [3.8, 4) is 0 Å². The molecule has 1 aliphatic rings. The van der Waals surface area contributed by atoms with Crippen LogP contribution in [0.25, 0.3) is 5.32 Å². The molecule has 0 atom stereocenters. The summed E-state index contributed by atoms with van der Waals surface area (Å²) in [6.45, 7) is 6.62. The van der Waals surface area contributed by atoms with E-state index in [1.807, 2.05) is 0 Å². The van der Waals surface area contributed by atoms with Crippen molar-refractivity contribution in [3.05, 3.63) is 42.5 Å². The van der Waals surface area contributed by atoms with E-state index in [4.69, 9.17) is 0 Å². The molecule has 3 nitrogen and oxygen atoms in total. The molecule has 1 aliphatic heterocycles. The van der Waals surface area contributed by atoms with Gasteiger partial charge in [0, 0.05) is 21.7 Å². The molecule has 1 fully saturated rings. The molecule has 0 bridgehead atoms. The first-order valence-corrected chi connectivity index (χ1v) is 5.05. The number of rotatable bonds is 0. The molecule has 0 aromatic carbocycles. The van der Waals surface area contributed by atoms with E-state index in [1.165, 1.54) is 19.3 Å². The predicted octanol–water partition coefficient (Wildman–Crippen LogP) is 4.24. The number of nitrogens with zero attached hydrogens (tertiary/aromatic N) is 1. The second kappa shape index (κ2) is 49.6. The fourth-order valence-electron chi connectivity index (χ4n) is 1.33. The third-order valence-corrected chi connectivity index (χ3v) is 2.05. The molecule has 0 aromatic rings. The van der Waals surface area contributed by atoms with Gasteiger partial charge in [-0.25, -0.2) is 0 Å². The van der Waals surface area contributed by atoms with Gasteiger partial charge in [0.1, 0.15) is 0 Å². The Morgan fingerprint density at radius 1 is 0.524 bits per heavy atom. The van der Waals surface area contributed by atoms with Crippen LogP contribution >= 0.6 is 37.2 Å². The smallest absolute Gasteiger partial charge is 0 e. The van der Waals surface area contributed by atoms with E-state index in [9.17, 15) is 0 Å². The minimum absolute atomic E-state index is 0. The van der Waals surface area contributed by atoms with Gasteiger partial charge in [-0.3, -0.25) is 0 Å². The average Bonchev–Trinajstić information content (AvgIpc) is 2.05. The summed E-state index contributed by atoms with van der Waals surface area (Å²) in [4.78, 5) is 0. The summed E-state index contributed by atoms with van der Waals surface area (Å²) in [6, 6.07) is 0. The van der Waals surface area contributed by atoms with Crippen LogP contribution in [0.3, 0.4) is 0 Å². The molecule has 0 saturated carbocycles. The van der Waals surface area contributed by atoms with E-state index >= 15 is 0 Å². The largest absolute Gasteiger partial charge is 0.662 e. The molecule has 0 aliphatic carbocycles. The molecular formula is C14H38Cl3N3Ti-6. The number of nitrogens with one attached hydrogen (secondary N) is 2. The molecule has 0 aromatic heterocycles. The molecule has 7 heteroatoms. The van der Waals surface area contributed by atoms with Gasteiger partial charge in [-0.15, -0.1) is 50.3 Å². The zero-order valence-electron chi connectivity index (χ0n) is 14.5. The van der Waals surface area contributed by atoms with Crippen molar-refractivity contribution < 1.29 is 21.7 Å². The average molecular weight is 403 g/mol. The normalized spacial score (nSPS) is 13.7. The van der Waals surface area contributed by atoms with Gasteiger partial charge in [-0.1, -0.05) is 12.8 Å². The summed E-state index contributed by atoms with van der Waals surface area (Å²) >= 11 is 0. The summed E-state index contributed by atoms with van der Waals surface area (Å²) in [5.41, 5.74) is 0. The van der Waals surface area contributed by atoms with Crippen molar-refractivity contribution >= 4 is 37.2 Å². The first kappa shape index (κ1) is 57.1. The summed E-state index contributed by atoms with van der Waals surface area (Å²) < 4.78 is 0. The van der Waals surface area contributed by atoms with Crippen molar-refractivity contribution in [3.63, 3.8) is 0 Å². The van der Waals surface area contributed by atoms with Crippen LogP contribution in [-0.2, 0) is 21.7 Å². The zero-order valence-corrected chi connectivity index (χ0v) is 18.5. The maximum Gasteiger partial charge on any atom is 0 e. The van der Waals surface area contributed by atoms with E-state index in [1.54, 1.807) is 0 Å². The fraction of sp³-hybridized carbons (Fsp3) is 0.643. The topological polar surface area (TPSA) is 38.2 Å². The summed E-state index contributed by atoms with van der Waals surface area (Å²) in [5.74, 6) is 0. The van der Waals surface area contributed by atoms with Gasteiger partial charge in [0.2, 0.25) is 0 Å². The van der Waals surface area contributed by atoms with Crippen LogP contribution in [0.15, 0.2) is 0 Å². The second-order valence-corrected chi connectivity index (χ2v) is 3.23. The van der Waals surface area contributed by atoms with Crippen LogP contribution in [0.1, 0.15) is 19.3 Å². The van der Waals surface area contributed by atoms with E-state index in [2.05, 4.69) is 16.0 Å². The fourth-order valence-corrected chi connectivity index (χ4v) is 1.33. The van der Waals surface area contributed by atoms with Crippen LogP contribution in [0, 0.1) is 37.1 Å². The molecule has 1 rings (SSSR count). The monoisotopic (exact) mass is 401 g/mol. The van der Waals surface area contributed by atoms with Gasteiger partial charge in [-0.05, 0) is 32.6 Å². The summed E-state index contributed by atoms with van der Waals surface area (Å²) in [5, 5.41) is 11.2. The third-order valence-electron chi connectivity index (χ3n) is 2.05. The Bertz CT molecular complexity index is 72.4. The van der Waals surface area contributed by atoms with E-state index < -0.39 is 0 Å². The maximum atomic E-state index is 4.42. The van der Waals surface area contributed by atoms with E-state index in [0.29, 0.717) is 0 Å². The van der Waals surface area contributed by atoms with Gasteiger partial charge < -0.3 is 53.1 Å². The number of halogens is 3. The minimum atomic E-state index is 0. The Hall–Kier alpha value is 1.46. The van der Waals surface area contributed by atoms with Gasteiger partial charge in [0.25, 0.3) is 0 Å². The SMILES string of the molecule is C1C[N-]CCCNCCCNC1.Cl.Cl.Cl.[CH3-].[CH3-].[CH3-].[CH3-].[CH3-].[Ti]. The van der Waals surface area contributed by atoms with Gasteiger partial charge in [0.05, 0.1) is 0 Å². The Labute approximate surface area is 170 Å².